The van der Waals surface area contributed by atoms with Gasteiger partial charge in [0.05, 0.1) is 11.2 Å². The first-order valence-corrected chi connectivity index (χ1v) is 18.4. The second-order valence-corrected chi connectivity index (χ2v) is 16.0. The fourth-order valence-electron chi connectivity index (χ4n) is 10.9. The zero-order chi connectivity index (χ0) is 32.2. The summed E-state index contributed by atoms with van der Waals surface area (Å²) in [6.45, 7) is 20.4. The SMILES string of the molecule is CC(C)=CCC/C(C)=C/CNCCNCCC1(O)C2C3CC4C5C3C1C5C(O)(CCNCCNC/C=C(\C)CCC=C(C)C)C42. The molecule has 0 saturated heterocycles. The second kappa shape index (κ2) is 15.3. The highest BCUT2D eigenvalue weighted by Crippen LogP contribution is 2.88. The average molecular weight is 623 g/mol. The van der Waals surface area contributed by atoms with Gasteiger partial charge in [0.25, 0.3) is 0 Å². The Kier molecular flexibility index (Phi) is 11.9. The Labute approximate surface area is 275 Å². The maximum atomic E-state index is 12.2. The van der Waals surface area contributed by atoms with E-state index in [9.17, 15) is 10.2 Å². The Morgan fingerprint density at radius 3 is 1.36 bits per heavy atom. The van der Waals surface area contributed by atoms with Crippen molar-refractivity contribution in [2.45, 2.75) is 97.7 Å². The minimum atomic E-state index is -0.571. The van der Waals surface area contributed by atoms with Crippen LogP contribution < -0.4 is 21.3 Å². The number of hydrogen-bond acceptors (Lipinski definition) is 6. The van der Waals surface area contributed by atoms with E-state index in [2.05, 4.69) is 87.1 Å². The Morgan fingerprint density at radius 2 is 0.956 bits per heavy atom. The molecule has 6 N–H and O–H groups in total. The van der Waals surface area contributed by atoms with E-state index in [0.717, 1.165) is 90.9 Å². The van der Waals surface area contributed by atoms with E-state index in [1.165, 1.54) is 28.7 Å². The summed E-state index contributed by atoms with van der Waals surface area (Å²) < 4.78 is 0. The highest BCUT2D eigenvalue weighted by molar-refractivity contribution is 5.38. The van der Waals surface area contributed by atoms with E-state index >= 15 is 0 Å². The molecule has 0 aromatic carbocycles. The molecule has 0 aromatic heterocycles. The van der Waals surface area contributed by atoms with Crippen LogP contribution in [0.15, 0.2) is 46.6 Å². The maximum Gasteiger partial charge on any atom is 0.0729 e. The van der Waals surface area contributed by atoms with Gasteiger partial charge in [0, 0.05) is 39.3 Å². The van der Waals surface area contributed by atoms with Gasteiger partial charge in [-0.05, 0) is 147 Å². The van der Waals surface area contributed by atoms with Crippen molar-refractivity contribution in [3.05, 3.63) is 46.6 Å². The van der Waals surface area contributed by atoms with Gasteiger partial charge in [-0.3, -0.25) is 0 Å². The largest absolute Gasteiger partial charge is 0.389 e. The molecular weight excluding hydrogens is 556 g/mol. The van der Waals surface area contributed by atoms with Crippen LogP contribution in [-0.2, 0) is 0 Å². The van der Waals surface area contributed by atoms with Gasteiger partial charge in [0.15, 0.2) is 0 Å². The van der Waals surface area contributed by atoms with Crippen LogP contribution in [0.4, 0.5) is 0 Å². The van der Waals surface area contributed by atoms with Crippen molar-refractivity contribution in [1.29, 1.82) is 0 Å². The zero-order valence-electron chi connectivity index (χ0n) is 29.4. The molecular formula is C39H66N4O2. The van der Waals surface area contributed by atoms with Crippen LogP contribution in [0.25, 0.3) is 0 Å². The maximum absolute atomic E-state index is 12.2. The van der Waals surface area contributed by atoms with Gasteiger partial charge in [-0.2, -0.15) is 0 Å². The third-order valence-electron chi connectivity index (χ3n) is 12.5. The fourth-order valence-corrected chi connectivity index (χ4v) is 10.9. The van der Waals surface area contributed by atoms with E-state index in [4.69, 9.17) is 0 Å². The number of nitrogens with one attached hydrogen (secondary N) is 4. The fraction of sp³-hybridized carbons (Fsp3) is 0.795. The summed E-state index contributed by atoms with van der Waals surface area (Å²) in [6, 6.07) is 0. The lowest BCUT2D eigenvalue weighted by molar-refractivity contribution is -0.218. The molecule has 10 atom stereocenters. The first kappa shape index (κ1) is 35.0. The molecule has 0 aliphatic heterocycles. The quantitative estimate of drug-likeness (QED) is 0.0720. The molecule has 5 aliphatic rings. The van der Waals surface area contributed by atoms with Crippen LogP contribution in [0.5, 0.6) is 0 Å². The van der Waals surface area contributed by atoms with Gasteiger partial charge in [-0.15, -0.1) is 0 Å². The lowest BCUT2D eigenvalue weighted by Gasteiger charge is -2.58. The predicted octanol–water partition coefficient (Wildman–Crippen LogP) is 5.36. The Hall–Kier alpha value is -1.28. The summed E-state index contributed by atoms with van der Waals surface area (Å²) in [5, 5.41) is 38.7. The molecule has 0 heterocycles. The van der Waals surface area contributed by atoms with Crippen LogP contribution in [-0.4, -0.2) is 73.8 Å². The van der Waals surface area contributed by atoms with Gasteiger partial charge in [0.2, 0.25) is 0 Å². The minimum Gasteiger partial charge on any atom is -0.389 e. The van der Waals surface area contributed by atoms with E-state index in [0.29, 0.717) is 47.3 Å². The lowest BCUT2D eigenvalue weighted by atomic mass is 9.50. The number of rotatable bonds is 22. The molecule has 45 heavy (non-hydrogen) atoms. The van der Waals surface area contributed by atoms with Gasteiger partial charge in [-0.1, -0.05) is 46.6 Å². The molecule has 0 amide bonds. The molecule has 10 unspecified atom stereocenters. The molecule has 0 aromatic rings. The molecule has 5 rings (SSSR count). The average Bonchev–Trinajstić information content (AvgIpc) is 3.50. The first-order valence-electron chi connectivity index (χ1n) is 18.4. The van der Waals surface area contributed by atoms with E-state index in [1.807, 2.05) is 0 Å². The highest BCUT2D eigenvalue weighted by atomic mass is 16.3. The van der Waals surface area contributed by atoms with Crippen LogP contribution in [0.1, 0.15) is 86.5 Å². The van der Waals surface area contributed by atoms with E-state index < -0.39 is 11.2 Å². The predicted molar refractivity (Wildman–Crippen MR) is 188 cm³/mol. The Morgan fingerprint density at radius 1 is 0.556 bits per heavy atom. The summed E-state index contributed by atoms with van der Waals surface area (Å²) in [4.78, 5) is 0. The number of hydrogen-bond donors (Lipinski definition) is 6. The normalized spacial score (nSPS) is 37.1. The van der Waals surface area contributed by atoms with Gasteiger partial charge in [0.1, 0.15) is 0 Å². The van der Waals surface area contributed by atoms with E-state index in [1.54, 1.807) is 0 Å². The Balaban J connectivity index is 0.983. The topological polar surface area (TPSA) is 88.6 Å². The number of fused-ring (bicyclic) bond motifs is 2. The summed E-state index contributed by atoms with van der Waals surface area (Å²) >= 11 is 0. The first-order chi connectivity index (χ1) is 21.6. The van der Waals surface area contributed by atoms with Crippen molar-refractivity contribution in [2.75, 3.05) is 52.4 Å². The summed E-state index contributed by atoms with van der Waals surface area (Å²) in [5.74, 6) is 3.95. The zero-order valence-corrected chi connectivity index (χ0v) is 29.4. The molecule has 5 fully saturated rings. The molecule has 0 radical (unpaired) electrons. The number of allylic oxidation sites excluding steroid dienone is 6. The number of aliphatic hydroxyl groups is 2. The highest BCUT2D eigenvalue weighted by Gasteiger charge is 2.90. The smallest absolute Gasteiger partial charge is 0.0729 e. The van der Waals surface area contributed by atoms with Crippen LogP contribution in [0, 0.1) is 47.3 Å². The van der Waals surface area contributed by atoms with Crippen LogP contribution >= 0.6 is 0 Å². The van der Waals surface area contributed by atoms with Crippen LogP contribution in [0.3, 0.4) is 0 Å². The Bertz CT molecular complexity index is 1030. The van der Waals surface area contributed by atoms with E-state index in [-0.39, 0.29) is 0 Å². The second-order valence-electron chi connectivity index (χ2n) is 16.0. The van der Waals surface area contributed by atoms with Crippen molar-refractivity contribution >= 4 is 0 Å². The molecule has 254 valence electrons. The standard InChI is InChI=1S/C39H66N4O2/c1-26(2)9-7-11-28(5)13-17-40-21-23-42-19-15-38(44)34-30-25-31-33-32(30)36(38)37(33)39(45,35(31)34)16-20-43-24-22-41-18-14-29(6)12-8-10-27(3)4/h9-10,13-14,30-37,40-45H,7-8,11-12,15-25H2,1-6H3/b28-13+,29-14+. The molecule has 0 spiro atoms. The van der Waals surface area contributed by atoms with Crippen LogP contribution in [0.2, 0.25) is 0 Å². The molecule has 5 saturated carbocycles. The van der Waals surface area contributed by atoms with Gasteiger partial charge >= 0.3 is 0 Å². The molecule has 6 nitrogen and oxygen atoms in total. The van der Waals surface area contributed by atoms with Crippen molar-refractivity contribution in [3.63, 3.8) is 0 Å². The molecule has 5 aliphatic carbocycles. The van der Waals surface area contributed by atoms with Crippen molar-refractivity contribution in [2.24, 2.45) is 47.3 Å². The third kappa shape index (κ3) is 7.27. The summed E-state index contributed by atoms with van der Waals surface area (Å²) in [6.07, 6.45) is 16.7. The van der Waals surface area contributed by atoms with Crippen molar-refractivity contribution in [3.8, 4) is 0 Å². The van der Waals surface area contributed by atoms with Gasteiger partial charge < -0.3 is 31.5 Å². The third-order valence-corrected chi connectivity index (χ3v) is 12.5. The summed E-state index contributed by atoms with van der Waals surface area (Å²) in [5.41, 5.74) is 4.55. The minimum absolute atomic E-state index is 0.310. The monoisotopic (exact) mass is 623 g/mol. The van der Waals surface area contributed by atoms with Crippen molar-refractivity contribution in [1.82, 2.24) is 21.3 Å². The lowest BCUT2D eigenvalue weighted by Crippen LogP contribution is -2.65. The summed E-state index contributed by atoms with van der Waals surface area (Å²) in [7, 11) is 0. The van der Waals surface area contributed by atoms with Crippen molar-refractivity contribution < 1.29 is 10.2 Å². The molecule has 2 bridgehead atoms. The molecule has 6 heteroatoms. The van der Waals surface area contributed by atoms with Gasteiger partial charge in [-0.25, -0.2) is 0 Å².